The van der Waals surface area contributed by atoms with Gasteiger partial charge in [-0.05, 0) is 47.9 Å². The van der Waals surface area contributed by atoms with E-state index in [1.54, 1.807) is 126 Å². The molecule has 17 N–H and O–H groups in total. The molecule has 31 heteroatoms. The molecule has 4 aromatic rings. The first-order chi connectivity index (χ1) is 45.9. The third-order valence-electron chi connectivity index (χ3n) is 14.8. The highest BCUT2D eigenvalue weighted by Crippen LogP contribution is 2.13. The summed E-state index contributed by atoms with van der Waals surface area (Å²) in [6.07, 6.45) is 0.0923. The molecule has 0 saturated carbocycles. The molecular weight excluding hydrogens is 1290 g/mol. The van der Waals surface area contributed by atoms with Crippen LogP contribution in [-0.2, 0) is 78.4 Å². The molecule has 0 heterocycles. The van der Waals surface area contributed by atoms with E-state index in [1.807, 2.05) is 0 Å². The fraction of sp³-hybridized carbons (Fsp3) is 0.431. The number of alkyl halides is 2. The van der Waals surface area contributed by atoms with Crippen LogP contribution in [0.5, 0.6) is 0 Å². The number of carboxylic acid groups (broad SMARTS) is 3. The van der Waals surface area contributed by atoms with E-state index in [0.717, 1.165) is 0 Å². The van der Waals surface area contributed by atoms with Crippen molar-refractivity contribution in [2.75, 3.05) is 83.8 Å². The number of carbonyl (C=O) groups is 11. The molecule has 4 rings (SSSR count). The Balaban J connectivity index is 1.54. The van der Waals surface area contributed by atoms with Gasteiger partial charge in [-0.1, -0.05) is 121 Å². The number of aliphatic imine (C=N–C) groups is 2. The third kappa shape index (κ3) is 32.1. The van der Waals surface area contributed by atoms with Gasteiger partial charge in [0.15, 0.2) is 23.5 Å². The Labute approximate surface area is 566 Å². The number of nitrogens with two attached hydrogens (primary N) is 4. The molecule has 0 radical (unpaired) electrons. The fourth-order valence-corrected chi connectivity index (χ4v) is 10.4. The van der Waals surface area contributed by atoms with Crippen molar-refractivity contribution in [1.82, 2.24) is 46.6 Å². The fourth-order valence-electron chi connectivity index (χ4n) is 10.00. The molecule has 0 spiro atoms. The number of Topliss-reactive ketones (excluding diaryl/α,β-unsaturated/α-hetero) is 2. The lowest BCUT2D eigenvalue weighted by molar-refractivity contribution is -0.140. The smallest absolute Gasteiger partial charge is 0.317 e. The molecule has 0 aliphatic carbocycles. The van der Waals surface area contributed by atoms with Crippen molar-refractivity contribution in [1.29, 1.82) is 0 Å². The highest BCUT2D eigenvalue weighted by Gasteiger charge is 2.33. The molecule has 6 amide bonds. The lowest BCUT2D eigenvalue weighted by Crippen LogP contribution is -2.57. The van der Waals surface area contributed by atoms with Gasteiger partial charge in [-0.2, -0.15) is 0 Å². The van der Waals surface area contributed by atoms with Crippen molar-refractivity contribution >= 4 is 100 Å². The number of nitrogens with zero attached hydrogens (tertiary/aromatic N) is 5. The van der Waals surface area contributed by atoms with Crippen molar-refractivity contribution in [3.63, 3.8) is 0 Å². The van der Waals surface area contributed by atoms with E-state index in [0.29, 0.717) is 35.1 Å². The van der Waals surface area contributed by atoms with Crippen molar-refractivity contribution in [3.05, 3.63) is 144 Å². The van der Waals surface area contributed by atoms with Crippen molar-refractivity contribution in [3.8, 4) is 0 Å². The number of carbonyl (C=O) groups excluding carboxylic acids is 8. The number of halogens is 2. The Morgan fingerprint density at radius 1 is 0.375 bits per heavy atom. The number of hydrogen-bond donors (Lipinski definition) is 13. The van der Waals surface area contributed by atoms with Crippen LogP contribution in [0.15, 0.2) is 131 Å². The maximum absolute atomic E-state index is 14.5. The summed E-state index contributed by atoms with van der Waals surface area (Å²) in [6.45, 7) is -3.04. The molecule has 0 fully saturated rings. The summed E-state index contributed by atoms with van der Waals surface area (Å²) in [5, 5.41) is 46.1. The van der Waals surface area contributed by atoms with E-state index in [9.17, 15) is 68.1 Å². The molecular formula is C65H87Cl2N15O14. The van der Waals surface area contributed by atoms with Crippen LogP contribution >= 0.6 is 23.2 Å². The van der Waals surface area contributed by atoms with Gasteiger partial charge in [-0.15, -0.1) is 23.2 Å². The lowest BCUT2D eigenvalue weighted by Gasteiger charge is -2.29. The predicted molar refractivity (Wildman–Crippen MR) is 360 cm³/mol. The second-order valence-corrected chi connectivity index (χ2v) is 23.1. The van der Waals surface area contributed by atoms with Crippen LogP contribution < -0.4 is 54.8 Å². The van der Waals surface area contributed by atoms with Gasteiger partial charge < -0.3 is 75.1 Å². The van der Waals surface area contributed by atoms with Crippen LogP contribution in [0, 0.1) is 0 Å². The quantitative estimate of drug-likeness (QED) is 0.0111. The van der Waals surface area contributed by atoms with Crippen LogP contribution in [-0.4, -0.2) is 227 Å². The topological polar surface area (TPSA) is 459 Å². The van der Waals surface area contributed by atoms with Crippen LogP contribution in [0.25, 0.3) is 0 Å². The zero-order valence-electron chi connectivity index (χ0n) is 53.2. The molecule has 4 aromatic carbocycles. The minimum Gasteiger partial charge on any atom is -0.481 e. The van der Waals surface area contributed by atoms with E-state index in [1.165, 1.54) is 9.80 Å². The van der Waals surface area contributed by atoms with Crippen molar-refractivity contribution < 1.29 is 68.1 Å². The monoisotopic (exact) mass is 1370 g/mol. The minimum atomic E-state index is -1.36. The van der Waals surface area contributed by atoms with Crippen LogP contribution in [0.1, 0.15) is 54.4 Å². The molecule has 96 heavy (non-hydrogen) atoms. The highest BCUT2D eigenvalue weighted by atomic mass is 35.5. The molecule has 0 aliphatic rings. The van der Waals surface area contributed by atoms with E-state index < -0.39 is 146 Å². The Kier molecular flexibility index (Phi) is 35.7. The SMILES string of the molecule is NC(N)=NCCCC(NC(=O)C(Cc1ccccc1)NC(=O)C(Cc1ccccc1)NC(=O)CN(CCN(CCC(=O)O)CCN(CC(=O)O)CC(=O)NC(Cc1ccccc1)C(=O)NC(Cc1ccccc1)C(=O)NC(CCCN=C(N)N)C(=O)CCl)CC(=O)O)C(=O)CCl. The summed E-state index contributed by atoms with van der Waals surface area (Å²) < 4.78 is 0. The average molecular weight is 1370 g/mol. The zero-order valence-corrected chi connectivity index (χ0v) is 54.7. The van der Waals surface area contributed by atoms with Crippen LogP contribution in [0.3, 0.4) is 0 Å². The minimum absolute atomic E-state index is 0.0470. The molecule has 0 bridgehead atoms. The van der Waals surface area contributed by atoms with E-state index in [4.69, 9.17) is 46.1 Å². The third-order valence-corrected chi connectivity index (χ3v) is 15.4. The maximum Gasteiger partial charge on any atom is 0.317 e. The van der Waals surface area contributed by atoms with Gasteiger partial charge in [-0.3, -0.25) is 72.5 Å². The van der Waals surface area contributed by atoms with Crippen molar-refractivity contribution in [2.45, 2.75) is 94.0 Å². The van der Waals surface area contributed by atoms with Gasteiger partial charge in [-0.25, -0.2) is 0 Å². The summed E-state index contributed by atoms with van der Waals surface area (Å²) in [5.74, 6) is -10.8. The largest absolute Gasteiger partial charge is 0.481 e. The number of ketones is 2. The first kappa shape index (κ1) is 78.9. The standard InChI is InChI=1S/C65H87Cl2N15O14/c66-37-53(83)47(23-13-26-72-64(68)69)76-62(95)51(35-45-19-9-3-10-20-45)78-60(93)49(33-43-15-5-1-6-16-43)74-55(85)39-81(41-58(89)90)31-29-80(28-25-57(87)88)30-32-82(42-59(91)92)40-56(86)75-50(34-44-17-7-2-8-18-44)61(94)79-52(36-46-21-11-4-12-22-46)63(96)77-48(54(84)38-67)24-14-27-73-65(70)71/h1-12,15-22,47-52H,13-14,23-42H2,(H,74,85)(H,75,86)(H,76,95)(H,77,96)(H,78,93)(H,79,94)(H,87,88)(H,89,90)(H,91,92)(H4,68,69,72)(H4,70,71,73). The number of aliphatic carboxylic acids is 3. The van der Waals surface area contributed by atoms with Crippen LogP contribution in [0.4, 0.5) is 0 Å². The second kappa shape index (κ2) is 43.4. The Hall–Kier alpha value is -9.55. The summed E-state index contributed by atoms with van der Waals surface area (Å²) in [4.78, 5) is 160. The van der Waals surface area contributed by atoms with Crippen molar-refractivity contribution in [2.24, 2.45) is 32.9 Å². The summed E-state index contributed by atoms with van der Waals surface area (Å²) >= 11 is 11.9. The number of hydrogen-bond acceptors (Lipinski definition) is 16. The number of carboxylic acids is 3. The molecule has 0 aliphatic heterocycles. The number of nitrogens with one attached hydrogen (secondary N) is 6. The molecule has 6 unspecified atom stereocenters. The van der Waals surface area contributed by atoms with Gasteiger partial charge in [0.05, 0.1) is 56.4 Å². The molecule has 29 nitrogen and oxygen atoms in total. The summed E-state index contributed by atoms with van der Waals surface area (Å²) in [5.41, 5.74) is 24.3. The maximum atomic E-state index is 14.5. The van der Waals surface area contributed by atoms with Gasteiger partial charge in [0.2, 0.25) is 35.4 Å². The Morgan fingerprint density at radius 2 is 0.656 bits per heavy atom. The van der Waals surface area contributed by atoms with E-state index in [-0.39, 0.29) is 96.3 Å². The Bertz CT molecular complexity index is 3020. The summed E-state index contributed by atoms with van der Waals surface area (Å²) in [6, 6.07) is 27.1. The average Bonchev–Trinajstić information content (AvgIpc) is 1.21. The number of guanidine groups is 2. The second-order valence-electron chi connectivity index (χ2n) is 22.5. The lowest BCUT2D eigenvalue weighted by atomic mass is 10.0. The normalized spacial score (nSPS) is 12.9. The molecule has 6 atom stereocenters. The molecule has 0 aromatic heterocycles. The van der Waals surface area contributed by atoms with E-state index in [2.05, 4.69) is 41.9 Å². The first-order valence-corrected chi connectivity index (χ1v) is 32.0. The highest BCUT2D eigenvalue weighted by molar-refractivity contribution is 6.29. The number of benzene rings is 4. The summed E-state index contributed by atoms with van der Waals surface area (Å²) in [7, 11) is 0. The Morgan fingerprint density at radius 3 is 0.927 bits per heavy atom. The number of amides is 6. The zero-order chi connectivity index (χ0) is 70.4. The number of rotatable bonds is 47. The molecule has 0 saturated heterocycles. The van der Waals surface area contributed by atoms with Gasteiger partial charge in [0.25, 0.3) is 0 Å². The molecule has 520 valence electrons. The van der Waals surface area contributed by atoms with Crippen LogP contribution in [0.2, 0.25) is 0 Å². The predicted octanol–water partition coefficient (Wildman–Crippen LogP) is -0.861. The van der Waals surface area contributed by atoms with E-state index >= 15 is 0 Å². The van der Waals surface area contributed by atoms with Gasteiger partial charge >= 0.3 is 17.9 Å². The van der Waals surface area contributed by atoms with Gasteiger partial charge in [0, 0.05) is 71.5 Å². The van der Waals surface area contributed by atoms with Gasteiger partial charge in [0.1, 0.15) is 24.2 Å². The first-order valence-electron chi connectivity index (χ1n) is 31.0.